The summed E-state index contributed by atoms with van der Waals surface area (Å²) in [6, 6.07) is 13.9. The molecule has 0 aromatic heterocycles. The predicted octanol–water partition coefficient (Wildman–Crippen LogP) is 3.55. The second-order valence-corrected chi connectivity index (χ2v) is 4.90. The van der Waals surface area contributed by atoms with Crippen LogP contribution in [0.4, 0.5) is 4.39 Å². The van der Waals surface area contributed by atoms with Crippen LogP contribution in [0.5, 0.6) is 0 Å². The Balaban J connectivity index is 2.17. The molecule has 0 unspecified atom stereocenters. The van der Waals surface area contributed by atoms with E-state index in [9.17, 15) is 14.3 Å². The summed E-state index contributed by atoms with van der Waals surface area (Å²) in [5.74, 6) is -1.62. The SMILES string of the molecule is CCN(Cc1ccccc1)Cc1ccc(F)cc1C(=O)O. The number of carboxylic acids is 1. The number of carboxylic acid groups (broad SMARTS) is 1. The Morgan fingerprint density at radius 1 is 1.14 bits per heavy atom. The van der Waals surface area contributed by atoms with Gasteiger partial charge in [0, 0.05) is 13.1 Å². The maximum absolute atomic E-state index is 13.2. The lowest BCUT2D eigenvalue weighted by Gasteiger charge is -2.21. The molecule has 0 fully saturated rings. The first-order valence-electron chi connectivity index (χ1n) is 6.88. The quantitative estimate of drug-likeness (QED) is 0.883. The monoisotopic (exact) mass is 287 g/mol. The van der Waals surface area contributed by atoms with E-state index in [0.29, 0.717) is 12.1 Å². The summed E-state index contributed by atoms with van der Waals surface area (Å²) < 4.78 is 13.2. The normalized spacial score (nSPS) is 10.8. The lowest BCUT2D eigenvalue weighted by Crippen LogP contribution is -2.23. The number of benzene rings is 2. The lowest BCUT2D eigenvalue weighted by atomic mass is 10.1. The van der Waals surface area contributed by atoms with Crippen LogP contribution in [-0.2, 0) is 13.1 Å². The Labute approximate surface area is 123 Å². The summed E-state index contributed by atoms with van der Waals surface area (Å²) in [6.45, 7) is 4.01. The standard InChI is InChI=1S/C17H18FNO2/c1-2-19(11-13-6-4-3-5-7-13)12-14-8-9-15(18)10-16(14)17(20)21/h3-10H,2,11-12H2,1H3,(H,20,21). The number of nitrogens with zero attached hydrogens (tertiary/aromatic N) is 1. The first-order chi connectivity index (χ1) is 10.1. The molecule has 4 heteroatoms. The van der Waals surface area contributed by atoms with Crippen molar-refractivity contribution in [2.45, 2.75) is 20.0 Å². The maximum atomic E-state index is 13.2. The van der Waals surface area contributed by atoms with Crippen LogP contribution < -0.4 is 0 Å². The molecule has 1 N–H and O–H groups in total. The van der Waals surface area contributed by atoms with Crippen LogP contribution in [0.2, 0.25) is 0 Å². The molecule has 0 saturated heterocycles. The molecule has 0 radical (unpaired) electrons. The smallest absolute Gasteiger partial charge is 0.336 e. The van der Waals surface area contributed by atoms with Gasteiger partial charge in [-0.15, -0.1) is 0 Å². The van der Waals surface area contributed by atoms with Crippen molar-refractivity contribution in [3.63, 3.8) is 0 Å². The average molecular weight is 287 g/mol. The van der Waals surface area contributed by atoms with Crippen molar-refractivity contribution in [2.24, 2.45) is 0 Å². The number of hydrogen-bond acceptors (Lipinski definition) is 2. The van der Waals surface area contributed by atoms with Gasteiger partial charge in [-0.3, -0.25) is 4.90 Å². The van der Waals surface area contributed by atoms with Crippen molar-refractivity contribution in [1.82, 2.24) is 4.90 Å². The first-order valence-corrected chi connectivity index (χ1v) is 6.88. The van der Waals surface area contributed by atoms with Crippen molar-refractivity contribution < 1.29 is 14.3 Å². The summed E-state index contributed by atoms with van der Waals surface area (Å²) in [4.78, 5) is 13.3. The fraction of sp³-hybridized carbons (Fsp3) is 0.235. The number of aromatic carboxylic acids is 1. The minimum absolute atomic E-state index is 0.0292. The predicted molar refractivity (Wildman–Crippen MR) is 79.6 cm³/mol. The van der Waals surface area contributed by atoms with Crippen LogP contribution in [0.1, 0.15) is 28.4 Å². The van der Waals surface area contributed by atoms with Gasteiger partial charge in [0.2, 0.25) is 0 Å². The molecule has 0 amide bonds. The molecule has 0 aliphatic rings. The summed E-state index contributed by atoms with van der Waals surface area (Å²) >= 11 is 0. The molecule has 2 rings (SSSR count). The van der Waals surface area contributed by atoms with Gasteiger partial charge in [-0.1, -0.05) is 43.3 Å². The van der Waals surface area contributed by atoms with Gasteiger partial charge in [0.25, 0.3) is 0 Å². The second kappa shape index (κ2) is 6.99. The topological polar surface area (TPSA) is 40.5 Å². The third kappa shape index (κ3) is 4.13. The Hall–Kier alpha value is -2.20. The highest BCUT2D eigenvalue weighted by Crippen LogP contribution is 2.16. The Bertz CT molecular complexity index is 613. The zero-order valence-electron chi connectivity index (χ0n) is 11.9. The fourth-order valence-electron chi connectivity index (χ4n) is 2.25. The molecular formula is C17H18FNO2. The molecule has 0 aliphatic heterocycles. The molecule has 0 atom stereocenters. The van der Waals surface area contributed by atoms with Gasteiger partial charge >= 0.3 is 5.97 Å². The van der Waals surface area contributed by atoms with Crippen LogP contribution in [-0.4, -0.2) is 22.5 Å². The van der Waals surface area contributed by atoms with E-state index in [4.69, 9.17) is 0 Å². The van der Waals surface area contributed by atoms with Crippen LogP contribution in [0, 0.1) is 5.82 Å². The number of rotatable bonds is 6. The minimum atomic E-state index is -1.10. The zero-order valence-corrected chi connectivity index (χ0v) is 11.9. The van der Waals surface area contributed by atoms with Gasteiger partial charge in [-0.25, -0.2) is 9.18 Å². The summed E-state index contributed by atoms with van der Waals surface area (Å²) in [7, 11) is 0. The molecule has 0 saturated carbocycles. The average Bonchev–Trinajstić information content (AvgIpc) is 2.49. The van der Waals surface area contributed by atoms with E-state index < -0.39 is 11.8 Å². The Kier molecular flexibility index (Phi) is 5.06. The highest BCUT2D eigenvalue weighted by Gasteiger charge is 2.14. The molecule has 0 aliphatic carbocycles. The second-order valence-electron chi connectivity index (χ2n) is 4.90. The van der Waals surface area contributed by atoms with Gasteiger partial charge in [0.1, 0.15) is 5.82 Å². The van der Waals surface area contributed by atoms with Crippen molar-refractivity contribution >= 4 is 5.97 Å². The van der Waals surface area contributed by atoms with Crippen LogP contribution in [0.15, 0.2) is 48.5 Å². The number of carbonyl (C=O) groups is 1. The molecular weight excluding hydrogens is 269 g/mol. The molecule has 0 spiro atoms. The van der Waals surface area contributed by atoms with Gasteiger partial charge in [0.05, 0.1) is 5.56 Å². The molecule has 0 bridgehead atoms. The van der Waals surface area contributed by atoms with Gasteiger partial charge in [0.15, 0.2) is 0 Å². The van der Waals surface area contributed by atoms with E-state index >= 15 is 0 Å². The van der Waals surface area contributed by atoms with E-state index in [2.05, 4.69) is 4.90 Å². The highest BCUT2D eigenvalue weighted by atomic mass is 19.1. The first kappa shape index (κ1) is 15.2. The van der Waals surface area contributed by atoms with Crippen LogP contribution in [0.25, 0.3) is 0 Å². The summed E-state index contributed by atoms with van der Waals surface area (Å²) in [5.41, 5.74) is 1.82. The molecule has 0 heterocycles. The van der Waals surface area contributed by atoms with E-state index in [0.717, 1.165) is 19.2 Å². The van der Waals surface area contributed by atoms with Crippen molar-refractivity contribution in [1.29, 1.82) is 0 Å². The van der Waals surface area contributed by atoms with Crippen LogP contribution in [0.3, 0.4) is 0 Å². The Morgan fingerprint density at radius 2 is 1.86 bits per heavy atom. The van der Waals surface area contributed by atoms with Crippen molar-refractivity contribution in [3.8, 4) is 0 Å². The van der Waals surface area contributed by atoms with E-state index in [-0.39, 0.29) is 5.56 Å². The van der Waals surface area contributed by atoms with Gasteiger partial charge in [-0.2, -0.15) is 0 Å². The van der Waals surface area contributed by atoms with E-state index in [1.54, 1.807) is 6.07 Å². The van der Waals surface area contributed by atoms with Gasteiger partial charge < -0.3 is 5.11 Å². The Morgan fingerprint density at radius 3 is 2.48 bits per heavy atom. The molecule has 2 aromatic rings. The number of halogens is 1. The molecule has 21 heavy (non-hydrogen) atoms. The molecule has 3 nitrogen and oxygen atoms in total. The van der Waals surface area contributed by atoms with Gasteiger partial charge in [-0.05, 0) is 29.8 Å². The number of hydrogen-bond donors (Lipinski definition) is 1. The zero-order chi connectivity index (χ0) is 15.2. The van der Waals surface area contributed by atoms with E-state index in [1.165, 1.54) is 11.6 Å². The van der Waals surface area contributed by atoms with E-state index in [1.807, 2.05) is 37.3 Å². The largest absolute Gasteiger partial charge is 0.478 e. The van der Waals surface area contributed by atoms with Crippen LogP contribution >= 0.6 is 0 Å². The molecule has 2 aromatic carbocycles. The lowest BCUT2D eigenvalue weighted by molar-refractivity contribution is 0.0693. The summed E-state index contributed by atoms with van der Waals surface area (Å²) in [6.07, 6.45) is 0. The minimum Gasteiger partial charge on any atom is -0.478 e. The van der Waals surface area contributed by atoms with Crippen molar-refractivity contribution in [3.05, 3.63) is 71.0 Å². The molecule has 110 valence electrons. The third-order valence-corrected chi connectivity index (χ3v) is 3.39. The van der Waals surface area contributed by atoms with Crippen molar-refractivity contribution in [2.75, 3.05) is 6.54 Å². The third-order valence-electron chi connectivity index (χ3n) is 3.39. The maximum Gasteiger partial charge on any atom is 0.336 e. The summed E-state index contributed by atoms with van der Waals surface area (Å²) in [5, 5.41) is 9.18. The highest BCUT2D eigenvalue weighted by molar-refractivity contribution is 5.89. The fourth-order valence-corrected chi connectivity index (χ4v) is 2.25.